The lowest BCUT2D eigenvalue weighted by atomic mass is 9.56. The fraction of sp³-hybridized carbons (Fsp3) is 0.571. The molecule has 1 N–H and O–H groups in total. The molecule has 6 atom stereocenters. The molecule has 3 aliphatic carbocycles. The molecule has 2 saturated heterocycles. The monoisotopic (exact) mass is 594 g/mol. The van der Waals surface area contributed by atoms with Crippen LogP contribution in [0.1, 0.15) is 56.4 Å². The van der Waals surface area contributed by atoms with Gasteiger partial charge in [-0.05, 0) is 49.3 Å². The molecule has 1 aromatic carbocycles. The van der Waals surface area contributed by atoms with Crippen molar-refractivity contribution >= 4 is 58.4 Å². The topological polar surface area (TPSA) is 104 Å². The largest absolute Gasteiger partial charge is 0.503 e. The first-order valence-corrected chi connectivity index (χ1v) is 14.4. The van der Waals surface area contributed by atoms with Crippen molar-refractivity contribution < 1.29 is 29.0 Å². The third-order valence-electron chi connectivity index (χ3n) is 9.59. The van der Waals surface area contributed by atoms with E-state index in [1.165, 1.54) is 31.2 Å². The molecule has 4 fully saturated rings. The van der Waals surface area contributed by atoms with E-state index in [1.807, 2.05) is 6.08 Å². The van der Waals surface area contributed by atoms with Crippen LogP contribution in [0, 0.1) is 17.8 Å². The number of halogens is 3. The van der Waals surface area contributed by atoms with Crippen molar-refractivity contribution in [2.45, 2.75) is 66.7 Å². The summed E-state index contributed by atoms with van der Waals surface area (Å²) in [7, 11) is 2.71. The summed E-state index contributed by atoms with van der Waals surface area (Å²) in [5.74, 6) is -4.74. The predicted molar refractivity (Wildman–Crippen MR) is 144 cm³/mol. The zero-order valence-corrected chi connectivity index (χ0v) is 23.9. The van der Waals surface area contributed by atoms with Gasteiger partial charge in [0, 0.05) is 19.0 Å². The van der Waals surface area contributed by atoms with Crippen molar-refractivity contribution in [3.63, 3.8) is 0 Å². The summed E-state index contributed by atoms with van der Waals surface area (Å²) >= 11 is 20.7. The SMILES string of the molecule is COc1cc(C2C3=CCC4C(=O)N(C5CCCCC5)C(=O)C4C3CC3(Cl)C(=O)N(C)C(=O)C23Cl)cc(Cl)c1O. The summed E-state index contributed by atoms with van der Waals surface area (Å²) in [4.78, 5) is 53.4. The fourth-order valence-electron chi connectivity index (χ4n) is 7.76. The number of amides is 4. The number of allylic oxidation sites excluding steroid dienone is 2. The zero-order chi connectivity index (χ0) is 28.0. The highest BCUT2D eigenvalue weighted by molar-refractivity contribution is 6.53. The van der Waals surface area contributed by atoms with E-state index >= 15 is 0 Å². The number of fused-ring (bicyclic) bond motifs is 4. The van der Waals surface area contributed by atoms with Gasteiger partial charge in [0.1, 0.15) is 0 Å². The van der Waals surface area contributed by atoms with Crippen LogP contribution >= 0.6 is 34.8 Å². The molecule has 39 heavy (non-hydrogen) atoms. The van der Waals surface area contributed by atoms with Gasteiger partial charge in [0.2, 0.25) is 11.8 Å². The first kappa shape index (κ1) is 26.9. The Kier molecular flexibility index (Phi) is 6.29. The number of likely N-dealkylation sites (tertiary alicyclic amines) is 2. The Hall–Kier alpha value is -2.29. The number of phenolic OH excluding ortho intramolecular Hbond substituents is 1. The van der Waals surface area contributed by atoms with E-state index in [4.69, 9.17) is 39.5 Å². The van der Waals surface area contributed by atoms with Crippen molar-refractivity contribution in [3.8, 4) is 11.5 Å². The fourth-order valence-corrected chi connectivity index (χ4v) is 9.00. The maximum Gasteiger partial charge on any atom is 0.253 e. The van der Waals surface area contributed by atoms with Gasteiger partial charge in [0.05, 0.1) is 24.0 Å². The van der Waals surface area contributed by atoms with E-state index < -0.39 is 45.2 Å². The van der Waals surface area contributed by atoms with Gasteiger partial charge in [0.15, 0.2) is 21.2 Å². The highest BCUT2D eigenvalue weighted by atomic mass is 35.5. The minimum Gasteiger partial charge on any atom is -0.503 e. The first-order valence-electron chi connectivity index (χ1n) is 13.3. The number of hydrogen-bond acceptors (Lipinski definition) is 6. The third-order valence-corrected chi connectivity index (χ3v) is 11.3. The molecule has 208 valence electrons. The molecule has 0 radical (unpaired) electrons. The van der Waals surface area contributed by atoms with Gasteiger partial charge >= 0.3 is 0 Å². The molecule has 0 aromatic heterocycles. The van der Waals surface area contributed by atoms with Crippen molar-refractivity contribution in [2.75, 3.05) is 14.2 Å². The number of phenols is 1. The summed E-state index contributed by atoms with van der Waals surface area (Å²) in [6.07, 6.45) is 6.74. The number of nitrogens with zero attached hydrogens (tertiary/aromatic N) is 2. The highest BCUT2D eigenvalue weighted by Gasteiger charge is 2.76. The second-order valence-electron chi connectivity index (χ2n) is 11.4. The van der Waals surface area contributed by atoms with Crippen molar-refractivity contribution in [1.29, 1.82) is 0 Å². The molecule has 5 aliphatic rings. The summed E-state index contributed by atoms with van der Waals surface area (Å²) in [6.45, 7) is 0. The van der Waals surface area contributed by atoms with Crippen molar-refractivity contribution in [3.05, 3.63) is 34.4 Å². The molecular weight excluding hydrogens is 567 g/mol. The summed E-state index contributed by atoms with van der Waals surface area (Å²) in [5, 5.41) is 10.4. The van der Waals surface area contributed by atoms with Crippen LogP contribution in [0.25, 0.3) is 0 Å². The van der Waals surface area contributed by atoms with Crippen LogP contribution < -0.4 is 4.74 Å². The lowest BCUT2D eigenvalue weighted by Gasteiger charge is -2.50. The molecular formula is C28H29Cl3N2O6. The Morgan fingerprint density at radius 1 is 1.00 bits per heavy atom. The normalized spacial score (nSPS) is 36.6. The first-order chi connectivity index (χ1) is 18.5. The quantitative estimate of drug-likeness (QED) is 0.316. The number of imide groups is 2. The van der Waals surface area contributed by atoms with Gasteiger partial charge < -0.3 is 9.84 Å². The maximum atomic E-state index is 14.0. The lowest BCUT2D eigenvalue weighted by molar-refractivity contribution is -0.144. The third kappa shape index (κ3) is 3.43. The molecule has 1 aromatic rings. The number of carbonyl (C=O) groups excluding carboxylic acids is 4. The standard InChI is InChI=1S/C28H29Cl3N2O6/c1-32-25(37)27(30)12-17-15(8-9-16-20(17)24(36)33(23(16)35)14-6-4-3-5-7-14)21(28(27,31)26(32)38)13-10-18(29)22(34)19(11-13)39-2/h8,10-11,14,16-17,20-21,34H,3-7,9,12H2,1-2H3. The van der Waals surface area contributed by atoms with Gasteiger partial charge in [0.25, 0.3) is 11.8 Å². The average molecular weight is 596 g/mol. The van der Waals surface area contributed by atoms with Crippen LogP contribution in [0.5, 0.6) is 11.5 Å². The second-order valence-corrected chi connectivity index (χ2v) is 13.0. The van der Waals surface area contributed by atoms with Crippen LogP contribution in [-0.2, 0) is 19.2 Å². The number of aromatic hydroxyl groups is 1. The summed E-state index contributed by atoms with van der Waals surface area (Å²) in [6, 6.07) is 2.88. The van der Waals surface area contributed by atoms with Gasteiger partial charge in [-0.1, -0.05) is 42.5 Å². The number of rotatable bonds is 3. The number of ether oxygens (including phenoxy) is 1. The number of alkyl halides is 2. The molecule has 4 amide bonds. The maximum absolute atomic E-state index is 14.0. The van der Waals surface area contributed by atoms with E-state index in [-0.39, 0.29) is 40.8 Å². The van der Waals surface area contributed by atoms with Gasteiger partial charge in [-0.25, -0.2) is 0 Å². The van der Waals surface area contributed by atoms with Crippen molar-refractivity contribution in [2.24, 2.45) is 17.8 Å². The molecule has 8 nitrogen and oxygen atoms in total. The molecule has 6 unspecified atom stereocenters. The van der Waals surface area contributed by atoms with Crippen LogP contribution in [-0.4, -0.2) is 68.5 Å². The molecule has 2 heterocycles. The minimum absolute atomic E-state index is 0.0260. The van der Waals surface area contributed by atoms with E-state index in [0.717, 1.165) is 37.0 Å². The smallest absolute Gasteiger partial charge is 0.253 e. The Bertz CT molecular complexity index is 1340. The highest BCUT2D eigenvalue weighted by Crippen LogP contribution is 2.65. The van der Waals surface area contributed by atoms with Gasteiger partial charge in [-0.15, -0.1) is 23.2 Å². The zero-order valence-electron chi connectivity index (χ0n) is 21.6. The van der Waals surface area contributed by atoms with E-state index in [9.17, 15) is 24.3 Å². The Balaban J connectivity index is 1.51. The molecule has 11 heteroatoms. The van der Waals surface area contributed by atoms with E-state index in [0.29, 0.717) is 17.6 Å². The van der Waals surface area contributed by atoms with E-state index in [1.54, 1.807) is 0 Å². The van der Waals surface area contributed by atoms with Gasteiger partial charge in [-0.2, -0.15) is 0 Å². The Morgan fingerprint density at radius 3 is 2.36 bits per heavy atom. The van der Waals surface area contributed by atoms with Crippen LogP contribution in [0.15, 0.2) is 23.8 Å². The van der Waals surface area contributed by atoms with E-state index in [2.05, 4.69) is 0 Å². The molecule has 0 spiro atoms. The molecule has 0 bridgehead atoms. The van der Waals surface area contributed by atoms with Crippen molar-refractivity contribution in [1.82, 2.24) is 9.80 Å². The summed E-state index contributed by atoms with van der Waals surface area (Å²) in [5.41, 5.74) is 1.09. The number of carbonyl (C=O) groups is 4. The molecule has 6 rings (SSSR count). The minimum atomic E-state index is -1.92. The lowest BCUT2D eigenvalue weighted by Crippen LogP contribution is -2.60. The van der Waals surface area contributed by atoms with Crippen LogP contribution in [0.2, 0.25) is 5.02 Å². The Labute approximate surface area is 241 Å². The average Bonchev–Trinajstić information content (AvgIpc) is 3.25. The predicted octanol–water partition coefficient (Wildman–Crippen LogP) is 4.38. The number of benzene rings is 1. The van der Waals surface area contributed by atoms with Gasteiger partial charge in [-0.3, -0.25) is 29.0 Å². The molecule has 2 saturated carbocycles. The second kappa shape index (κ2) is 9.11. The number of hydrogen-bond donors (Lipinski definition) is 1. The Morgan fingerprint density at radius 2 is 1.69 bits per heavy atom. The number of methoxy groups -OCH3 is 1. The summed E-state index contributed by atoms with van der Waals surface area (Å²) < 4.78 is 5.32. The van der Waals surface area contributed by atoms with Crippen LogP contribution in [0.3, 0.4) is 0 Å². The molecule has 2 aliphatic heterocycles. The van der Waals surface area contributed by atoms with Crippen LogP contribution in [0.4, 0.5) is 0 Å².